The fourth-order valence-corrected chi connectivity index (χ4v) is 3.80. The number of nitrogens with one attached hydrogen (secondary N) is 1. The van der Waals surface area contributed by atoms with Gasteiger partial charge in [-0.25, -0.2) is 0 Å². The fourth-order valence-electron chi connectivity index (χ4n) is 3.57. The van der Waals surface area contributed by atoms with Gasteiger partial charge < -0.3 is 5.32 Å². The van der Waals surface area contributed by atoms with Crippen molar-refractivity contribution in [2.45, 2.75) is 39.0 Å². The summed E-state index contributed by atoms with van der Waals surface area (Å²) in [6.45, 7) is 3.01. The van der Waals surface area contributed by atoms with Gasteiger partial charge in [-0.05, 0) is 76.4 Å². The van der Waals surface area contributed by atoms with Crippen LogP contribution in [0.15, 0.2) is 46.6 Å². The van der Waals surface area contributed by atoms with E-state index in [9.17, 15) is 4.79 Å². The number of aryl methyl sites for hydroxylation is 1. The highest BCUT2D eigenvalue weighted by Gasteiger charge is 2.35. The van der Waals surface area contributed by atoms with Crippen LogP contribution in [0.3, 0.4) is 0 Å². The second-order valence-corrected chi connectivity index (χ2v) is 7.20. The molecule has 1 aliphatic heterocycles. The van der Waals surface area contributed by atoms with Gasteiger partial charge in [-0.3, -0.25) is 9.69 Å². The third-order valence-corrected chi connectivity index (χ3v) is 5.18. The molecule has 1 unspecified atom stereocenters. The molecule has 2 aliphatic rings. The highest BCUT2D eigenvalue weighted by atomic mass is 35.5. The smallest absolute Gasteiger partial charge is 0.234 e. The quantitative estimate of drug-likeness (QED) is 0.796. The fraction of sp³-hybridized carbons (Fsp3) is 0.450. The zero-order valence-electron chi connectivity index (χ0n) is 14.4. The maximum absolute atomic E-state index is 13.2. The van der Waals surface area contributed by atoms with E-state index >= 15 is 0 Å². The largest absolute Gasteiger partial charge is 0.320 e. The first-order valence-corrected chi connectivity index (χ1v) is 9.11. The molecule has 0 radical (unpaired) electrons. The molecule has 128 valence electrons. The number of hydrogen-bond donors (Lipinski definition) is 1. The Morgan fingerprint density at radius 2 is 2.00 bits per heavy atom. The minimum atomic E-state index is 0.0391. The Morgan fingerprint density at radius 3 is 2.71 bits per heavy atom. The number of carbonyl (C=O) groups is 1. The van der Waals surface area contributed by atoms with E-state index in [-0.39, 0.29) is 11.8 Å². The van der Waals surface area contributed by atoms with Crippen LogP contribution in [0, 0.1) is 12.8 Å². The lowest BCUT2D eigenvalue weighted by Gasteiger charge is -2.37. The number of allylic oxidation sites excluding steroid dienone is 4. The van der Waals surface area contributed by atoms with Crippen molar-refractivity contribution in [1.29, 1.82) is 0 Å². The summed E-state index contributed by atoms with van der Waals surface area (Å²) in [5.41, 5.74) is 4.55. The second-order valence-electron chi connectivity index (χ2n) is 6.72. The topological polar surface area (TPSA) is 32.3 Å². The van der Waals surface area contributed by atoms with Crippen LogP contribution >= 0.6 is 11.6 Å². The molecule has 1 heterocycles. The van der Waals surface area contributed by atoms with E-state index in [1.54, 1.807) is 0 Å². The summed E-state index contributed by atoms with van der Waals surface area (Å²) >= 11 is 6.28. The Labute approximate surface area is 149 Å². The molecule has 24 heavy (non-hydrogen) atoms. The molecule has 1 aromatic rings. The Hall–Kier alpha value is -1.58. The van der Waals surface area contributed by atoms with Crippen molar-refractivity contribution in [1.82, 2.24) is 5.32 Å². The highest BCUT2D eigenvalue weighted by Crippen LogP contribution is 2.40. The molecule has 1 atom stereocenters. The van der Waals surface area contributed by atoms with E-state index in [1.807, 2.05) is 24.1 Å². The number of anilines is 1. The van der Waals surface area contributed by atoms with E-state index in [0.29, 0.717) is 0 Å². The summed E-state index contributed by atoms with van der Waals surface area (Å²) in [6.07, 6.45) is 6.47. The molecule has 0 aromatic heterocycles. The first kappa shape index (κ1) is 17.2. The first-order valence-electron chi connectivity index (χ1n) is 8.73. The predicted molar refractivity (Wildman–Crippen MR) is 100 cm³/mol. The van der Waals surface area contributed by atoms with Gasteiger partial charge in [0.2, 0.25) is 5.91 Å². The van der Waals surface area contributed by atoms with Gasteiger partial charge in [-0.15, -0.1) is 0 Å². The van der Waals surface area contributed by atoms with E-state index in [1.165, 1.54) is 11.1 Å². The molecule has 1 N–H and O–H groups in total. The molecule has 0 saturated carbocycles. The minimum Gasteiger partial charge on any atom is -0.320 e. The molecular formula is C20H25ClN2O. The van der Waals surface area contributed by atoms with Crippen molar-refractivity contribution in [3.8, 4) is 0 Å². The number of rotatable bonds is 5. The first-order chi connectivity index (χ1) is 11.6. The van der Waals surface area contributed by atoms with Crippen LogP contribution in [0.1, 0.15) is 37.7 Å². The zero-order chi connectivity index (χ0) is 17.1. The molecule has 3 nitrogen and oxygen atoms in total. The maximum Gasteiger partial charge on any atom is 0.234 e. The van der Waals surface area contributed by atoms with Crippen molar-refractivity contribution >= 4 is 23.2 Å². The summed E-state index contributed by atoms with van der Waals surface area (Å²) in [5, 5.41) is 4.07. The van der Waals surface area contributed by atoms with Gasteiger partial charge in [-0.1, -0.05) is 29.3 Å². The molecule has 0 saturated heterocycles. The lowest BCUT2D eigenvalue weighted by atomic mass is 9.84. The number of nitrogens with zero attached hydrogens (tertiary/aromatic N) is 1. The van der Waals surface area contributed by atoms with Gasteiger partial charge >= 0.3 is 0 Å². The van der Waals surface area contributed by atoms with Crippen LogP contribution in [-0.2, 0) is 4.79 Å². The summed E-state index contributed by atoms with van der Waals surface area (Å²) < 4.78 is 0. The van der Waals surface area contributed by atoms with Crippen LogP contribution < -0.4 is 10.2 Å². The normalized spacial score (nSPS) is 21.0. The zero-order valence-corrected chi connectivity index (χ0v) is 15.2. The van der Waals surface area contributed by atoms with Gasteiger partial charge in [-0.2, -0.15) is 0 Å². The molecule has 0 spiro atoms. The van der Waals surface area contributed by atoms with Crippen molar-refractivity contribution in [3.05, 3.63) is 52.2 Å². The molecule has 1 aromatic carbocycles. The molecule has 0 bridgehead atoms. The Kier molecular flexibility index (Phi) is 5.42. The van der Waals surface area contributed by atoms with Crippen molar-refractivity contribution in [2.75, 3.05) is 18.5 Å². The third-order valence-electron chi connectivity index (χ3n) is 4.88. The Morgan fingerprint density at radius 1 is 1.25 bits per heavy atom. The Balaban J connectivity index is 1.94. The van der Waals surface area contributed by atoms with Crippen LogP contribution in [0.4, 0.5) is 5.69 Å². The second kappa shape index (κ2) is 7.54. The average Bonchev–Trinajstić information content (AvgIpc) is 2.57. The standard InChI is InChI=1S/C20H25ClN2O/c1-14-5-8-18(9-6-14)23-19-10-7-17(21)13-16(19)12-15(20(23)24)4-3-11-22-2/h5-6,8-9,13,15,22H,3-4,7,10-12H2,1-2H3. The van der Waals surface area contributed by atoms with Crippen molar-refractivity contribution in [3.63, 3.8) is 0 Å². The molecule has 1 aliphatic carbocycles. The molecule has 0 fully saturated rings. The third kappa shape index (κ3) is 3.57. The number of benzene rings is 1. The van der Waals surface area contributed by atoms with E-state index < -0.39 is 0 Å². The van der Waals surface area contributed by atoms with Gasteiger partial charge in [0, 0.05) is 22.3 Å². The van der Waals surface area contributed by atoms with Gasteiger partial charge in [0.1, 0.15) is 0 Å². The summed E-state index contributed by atoms with van der Waals surface area (Å²) in [6, 6.07) is 8.24. The number of carbonyl (C=O) groups excluding carboxylic acids is 1. The van der Waals surface area contributed by atoms with E-state index in [4.69, 9.17) is 11.6 Å². The summed E-state index contributed by atoms with van der Waals surface area (Å²) in [5.74, 6) is 0.275. The van der Waals surface area contributed by atoms with Gasteiger partial charge in [0.25, 0.3) is 0 Å². The number of halogens is 1. The minimum absolute atomic E-state index is 0.0391. The molecule has 1 amide bonds. The molecule has 4 heteroatoms. The number of hydrogen-bond acceptors (Lipinski definition) is 2. The highest BCUT2D eigenvalue weighted by molar-refractivity contribution is 6.29. The Bertz CT molecular complexity index is 675. The van der Waals surface area contributed by atoms with Gasteiger partial charge in [0.05, 0.1) is 0 Å². The van der Waals surface area contributed by atoms with Crippen LogP contribution in [-0.4, -0.2) is 19.5 Å². The van der Waals surface area contributed by atoms with E-state index in [2.05, 4.69) is 30.4 Å². The summed E-state index contributed by atoms with van der Waals surface area (Å²) in [7, 11) is 1.95. The molecule has 3 rings (SSSR count). The van der Waals surface area contributed by atoms with Crippen LogP contribution in [0.25, 0.3) is 0 Å². The lowest BCUT2D eigenvalue weighted by Crippen LogP contribution is -2.41. The summed E-state index contributed by atoms with van der Waals surface area (Å²) in [4.78, 5) is 15.1. The van der Waals surface area contributed by atoms with Crippen molar-refractivity contribution in [2.24, 2.45) is 5.92 Å². The van der Waals surface area contributed by atoms with Crippen LogP contribution in [0.2, 0.25) is 0 Å². The SMILES string of the molecule is CNCCCC1CC2=C(CCC(Cl)=C2)N(c2ccc(C)cc2)C1=O. The molecular weight excluding hydrogens is 320 g/mol. The predicted octanol–water partition coefficient (Wildman–Crippen LogP) is 4.52. The average molecular weight is 345 g/mol. The monoisotopic (exact) mass is 344 g/mol. The van der Waals surface area contributed by atoms with Gasteiger partial charge in [0.15, 0.2) is 0 Å². The van der Waals surface area contributed by atoms with Crippen LogP contribution in [0.5, 0.6) is 0 Å². The van der Waals surface area contributed by atoms with Crippen molar-refractivity contribution < 1.29 is 4.79 Å². The lowest BCUT2D eigenvalue weighted by molar-refractivity contribution is -0.122. The van der Waals surface area contributed by atoms with E-state index in [0.717, 1.165) is 55.1 Å². The number of amides is 1. The maximum atomic E-state index is 13.2.